The molecule has 0 unspecified atom stereocenters. The number of likely N-dealkylation sites (tertiary alicyclic amines) is 1. The largest absolute Gasteiger partial charge is 0.480 e. The summed E-state index contributed by atoms with van der Waals surface area (Å²) in [5, 5.41) is 21.9. The number of aliphatic carboxylic acids is 1. The number of nitrogens with zero attached hydrogens (tertiary/aromatic N) is 2. The van der Waals surface area contributed by atoms with Gasteiger partial charge in [0.1, 0.15) is 11.8 Å². The SMILES string of the molecule is Cc1cc(C(=O)N2C[C@H](O)C[C@@H]2C(=O)O)no1. The maximum absolute atomic E-state index is 11.9. The third kappa shape index (κ3) is 2.14. The summed E-state index contributed by atoms with van der Waals surface area (Å²) in [6.07, 6.45) is -0.772. The normalized spacial score (nSPS) is 24.0. The van der Waals surface area contributed by atoms with Gasteiger partial charge in [-0.05, 0) is 6.92 Å². The first-order valence-corrected chi connectivity index (χ1v) is 5.14. The molecule has 0 spiro atoms. The molecule has 0 radical (unpaired) electrons. The number of carbonyl (C=O) groups is 2. The average Bonchev–Trinajstić information content (AvgIpc) is 2.83. The Morgan fingerprint density at radius 3 is 2.82 bits per heavy atom. The van der Waals surface area contributed by atoms with E-state index in [9.17, 15) is 14.7 Å². The molecule has 1 aromatic heterocycles. The Morgan fingerprint density at radius 2 is 2.29 bits per heavy atom. The second-order valence-electron chi connectivity index (χ2n) is 4.02. The monoisotopic (exact) mass is 240 g/mol. The van der Waals surface area contributed by atoms with Crippen LogP contribution in [0, 0.1) is 6.92 Å². The van der Waals surface area contributed by atoms with Crippen molar-refractivity contribution < 1.29 is 24.3 Å². The van der Waals surface area contributed by atoms with E-state index in [1.165, 1.54) is 6.07 Å². The molecule has 0 bridgehead atoms. The number of aryl methyl sites for hydroxylation is 1. The molecule has 2 rings (SSSR count). The fraction of sp³-hybridized carbons (Fsp3) is 0.500. The van der Waals surface area contributed by atoms with Crippen LogP contribution in [0.3, 0.4) is 0 Å². The quantitative estimate of drug-likeness (QED) is 0.731. The van der Waals surface area contributed by atoms with Crippen molar-refractivity contribution in [2.75, 3.05) is 6.54 Å². The second-order valence-corrected chi connectivity index (χ2v) is 4.02. The van der Waals surface area contributed by atoms with Crippen LogP contribution >= 0.6 is 0 Å². The number of hydrogen-bond acceptors (Lipinski definition) is 5. The van der Waals surface area contributed by atoms with Gasteiger partial charge in [0.15, 0.2) is 5.69 Å². The fourth-order valence-electron chi connectivity index (χ4n) is 1.89. The molecule has 1 fully saturated rings. The van der Waals surface area contributed by atoms with Gasteiger partial charge in [0.25, 0.3) is 5.91 Å². The predicted octanol–water partition coefficient (Wildman–Crippen LogP) is -0.357. The van der Waals surface area contributed by atoms with Crippen molar-refractivity contribution in [3.63, 3.8) is 0 Å². The molecule has 1 aromatic rings. The Hall–Kier alpha value is -1.89. The second kappa shape index (κ2) is 4.17. The molecule has 0 saturated carbocycles. The number of rotatable bonds is 2. The van der Waals surface area contributed by atoms with Gasteiger partial charge in [-0.3, -0.25) is 4.79 Å². The first-order chi connectivity index (χ1) is 7.99. The molecule has 92 valence electrons. The van der Waals surface area contributed by atoms with Crippen molar-refractivity contribution in [2.45, 2.75) is 25.5 Å². The highest BCUT2D eigenvalue weighted by Gasteiger charge is 2.40. The highest BCUT2D eigenvalue weighted by Crippen LogP contribution is 2.20. The van der Waals surface area contributed by atoms with Crippen LogP contribution < -0.4 is 0 Å². The van der Waals surface area contributed by atoms with Crippen LogP contribution in [0.1, 0.15) is 22.7 Å². The van der Waals surface area contributed by atoms with Crippen LogP contribution in [0.5, 0.6) is 0 Å². The van der Waals surface area contributed by atoms with Crippen molar-refractivity contribution >= 4 is 11.9 Å². The Morgan fingerprint density at radius 1 is 1.59 bits per heavy atom. The number of aromatic nitrogens is 1. The molecule has 0 aliphatic carbocycles. The molecule has 2 N–H and O–H groups in total. The van der Waals surface area contributed by atoms with Crippen LogP contribution in [0.2, 0.25) is 0 Å². The van der Waals surface area contributed by atoms with E-state index in [4.69, 9.17) is 9.63 Å². The highest BCUT2D eigenvalue weighted by molar-refractivity contribution is 5.95. The number of carboxylic acids is 1. The smallest absolute Gasteiger partial charge is 0.326 e. The molecule has 2 heterocycles. The van der Waals surface area contributed by atoms with E-state index in [0.717, 1.165) is 4.90 Å². The van der Waals surface area contributed by atoms with Crippen molar-refractivity contribution in [3.8, 4) is 0 Å². The van der Waals surface area contributed by atoms with Crippen molar-refractivity contribution in [2.24, 2.45) is 0 Å². The minimum atomic E-state index is -1.13. The standard InChI is InChI=1S/C10H12N2O5/c1-5-2-7(11-17-5)9(14)12-4-6(13)3-8(12)10(15)16/h2,6,8,13H,3-4H2,1H3,(H,15,16)/t6-,8-/m1/s1. The van der Waals surface area contributed by atoms with Gasteiger partial charge in [0.2, 0.25) is 0 Å². The van der Waals surface area contributed by atoms with Gasteiger partial charge >= 0.3 is 5.97 Å². The lowest BCUT2D eigenvalue weighted by molar-refractivity contribution is -0.141. The average molecular weight is 240 g/mol. The van der Waals surface area contributed by atoms with Gasteiger partial charge in [-0.2, -0.15) is 0 Å². The zero-order valence-electron chi connectivity index (χ0n) is 9.16. The molecular formula is C10H12N2O5. The third-order valence-corrected chi connectivity index (χ3v) is 2.67. The van der Waals surface area contributed by atoms with E-state index in [1.807, 2.05) is 0 Å². The van der Waals surface area contributed by atoms with Gasteiger partial charge < -0.3 is 19.6 Å². The summed E-state index contributed by atoms with van der Waals surface area (Å²) in [7, 11) is 0. The van der Waals surface area contributed by atoms with Crippen LogP contribution in [0.15, 0.2) is 10.6 Å². The fourth-order valence-corrected chi connectivity index (χ4v) is 1.89. The summed E-state index contributed by atoms with van der Waals surface area (Å²) in [6.45, 7) is 1.64. The van der Waals surface area contributed by atoms with Gasteiger partial charge in [-0.15, -0.1) is 0 Å². The number of hydrogen-bond donors (Lipinski definition) is 2. The summed E-state index contributed by atoms with van der Waals surface area (Å²) >= 11 is 0. The first-order valence-electron chi connectivity index (χ1n) is 5.14. The maximum Gasteiger partial charge on any atom is 0.326 e. The molecular weight excluding hydrogens is 228 g/mol. The van der Waals surface area contributed by atoms with Gasteiger partial charge in [0, 0.05) is 19.0 Å². The number of carboxylic acid groups (broad SMARTS) is 1. The van der Waals surface area contributed by atoms with E-state index in [0.29, 0.717) is 5.76 Å². The molecule has 1 aliphatic heterocycles. The van der Waals surface area contributed by atoms with Crippen LogP contribution in [-0.4, -0.2) is 50.8 Å². The Balaban J connectivity index is 2.21. The van der Waals surface area contributed by atoms with Gasteiger partial charge in [-0.25, -0.2) is 4.79 Å². The molecule has 0 aromatic carbocycles. The number of aliphatic hydroxyl groups is 1. The summed E-state index contributed by atoms with van der Waals surface area (Å²) in [5.41, 5.74) is 0.0582. The lowest BCUT2D eigenvalue weighted by atomic mass is 10.2. The van der Waals surface area contributed by atoms with Crippen molar-refractivity contribution in [3.05, 3.63) is 17.5 Å². The maximum atomic E-state index is 11.9. The minimum absolute atomic E-state index is 0.00169. The molecule has 7 nitrogen and oxygen atoms in total. The van der Waals surface area contributed by atoms with Crippen LogP contribution in [-0.2, 0) is 4.79 Å². The predicted molar refractivity (Wildman–Crippen MR) is 54.3 cm³/mol. The molecule has 17 heavy (non-hydrogen) atoms. The van der Waals surface area contributed by atoms with Crippen LogP contribution in [0.25, 0.3) is 0 Å². The zero-order valence-corrected chi connectivity index (χ0v) is 9.16. The van der Waals surface area contributed by atoms with Crippen molar-refractivity contribution in [1.82, 2.24) is 10.1 Å². The van der Waals surface area contributed by atoms with E-state index in [-0.39, 0.29) is 18.7 Å². The van der Waals surface area contributed by atoms with Gasteiger partial charge in [0.05, 0.1) is 6.10 Å². The summed E-state index contributed by atoms with van der Waals surface area (Å²) in [5.74, 6) is -1.19. The highest BCUT2D eigenvalue weighted by atomic mass is 16.5. The Kier molecular flexibility index (Phi) is 2.84. The minimum Gasteiger partial charge on any atom is -0.480 e. The number of aliphatic hydroxyl groups excluding tert-OH is 1. The summed E-state index contributed by atoms with van der Waals surface area (Å²) < 4.78 is 4.76. The zero-order chi connectivity index (χ0) is 12.6. The summed E-state index contributed by atoms with van der Waals surface area (Å²) in [6, 6.07) is 0.431. The van der Waals surface area contributed by atoms with Gasteiger partial charge in [-0.1, -0.05) is 5.16 Å². The van der Waals surface area contributed by atoms with Crippen LogP contribution in [0.4, 0.5) is 0 Å². The topological polar surface area (TPSA) is 104 Å². The molecule has 2 atom stereocenters. The molecule has 7 heteroatoms. The Labute approximate surface area is 96.6 Å². The van der Waals surface area contributed by atoms with E-state index < -0.39 is 24.0 Å². The lowest BCUT2D eigenvalue weighted by Crippen LogP contribution is -2.40. The van der Waals surface area contributed by atoms with E-state index >= 15 is 0 Å². The Bertz CT molecular complexity index is 455. The van der Waals surface area contributed by atoms with E-state index in [2.05, 4.69) is 5.16 Å². The van der Waals surface area contributed by atoms with E-state index in [1.54, 1.807) is 6.92 Å². The molecule has 1 aliphatic rings. The first kappa shape index (κ1) is 11.6. The number of carbonyl (C=O) groups excluding carboxylic acids is 1. The van der Waals surface area contributed by atoms with Crippen molar-refractivity contribution in [1.29, 1.82) is 0 Å². The summed E-state index contributed by atoms with van der Waals surface area (Å²) in [4.78, 5) is 24.0. The number of amides is 1. The molecule has 1 saturated heterocycles. The third-order valence-electron chi connectivity index (χ3n) is 2.67. The lowest BCUT2D eigenvalue weighted by Gasteiger charge is -2.19. The number of β-amino-alcohol motifs (C(OH)–C–C–N with tert-alkyl or cyclic N) is 1. The molecule has 1 amide bonds.